The van der Waals surface area contributed by atoms with Gasteiger partial charge in [0.1, 0.15) is 0 Å². The quantitative estimate of drug-likeness (QED) is 0.857. The highest BCUT2D eigenvalue weighted by molar-refractivity contribution is 6.08. The number of H-pyrrole nitrogens is 1. The zero-order valence-corrected chi connectivity index (χ0v) is 12.2. The minimum Gasteiger partial charge on any atom is -0.358 e. The van der Waals surface area contributed by atoms with Crippen LogP contribution < -0.4 is 5.32 Å². The van der Waals surface area contributed by atoms with Crippen LogP contribution >= 0.6 is 0 Å². The van der Waals surface area contributed by atoms with Gasteiger partial charge in [-0.15, -0.1) is 0 Å². The van der Waals surface area contributed by atoms with Crippen LogP contribution in [0.1, 0.15) is 48.7 Å². The van der Waals surface area contributed by atoms with E-state index in [1.807, 2.05) is 31.2 Å². The van der Waals surface area contributed by atoms with Crippen LogP contribution in [0.2, 0.25) is 0 Å². The molecule has 0 aliphatic heterocycles. The van der Waals surface area contributed by atoms with Gasteiger partial charge in [-0.05, 0) is 31.7 Å². The summed E-state index contributed by atoms with van der Waals surface area (Å²) in [6.07, 6.45) is 4.84. The Morgan fingerprint density at radius 2 is 2.00 bits per heavy atom. The molecule has 3 rings (SSSR count). The molecular weight excluding hydrogens is 248 g/mol. The number of aromatic amines is 1. The molecule has 1 saturated carbocycles. The number of fused-ring (bicyclic) bond motifs is 1. The maximum absolute atomic E-state index is 12.6. The lowest BCUT2D eigenvalue weighted by atomic mass is 9.86. The molecule has 1 aliphatic rings. The zero-order valence-electron chi connectivity index (χ0n) is 12.2. The van der Waals surface area contributed by atoms with E-state index in [9.17, 15) is 4.79 Å². The summed E-state index contributed by atoms with van der Waals surface area (Å²) in [6.45, 7) is 4.21. The van der Waals surface area contributed by atoms with E-state index in [4.69, 9.17) is 0 Å². The van der Waals surface area contributed by atoms with Crippen molar-refractivity contribution in [2.75, 3.05) is 0 Å². The summed E-state index contributed by atoms with van der Waals surface area (Å²) in [5.41, 5.74) is 2.79. The number of hydrogen-bond donors (Lipinski definition) is 2. The Balaban J connectivity index is 1.87. The molecule has 3 heteroatoms. The molecule has 3 nitrogen and oxygen atoms in total. The smallest absolute Gasteiger partial charge is 0.253 e. The molecule has 1 heterocycles. The molecule has 1 amide bonds. The van der Waals surface area contributed by atoms with Gasteiger partial charge in [-0.3, -0.25) is 4.79 Å². The number of amides is 1. The Hall–Kier alpha value is -1.77. The zero-order chi connectivity index (χ0) is 14.1. The maximum atomic E-state index is 12.6. The standard InChI is InChI=1S/C17H22N2O/c1-11-7-3-5-9-14(11)19-17(20)16-12(2)18-15-10-6-4-8-13(15)16/h4,6,8,10-11,14,18H,3,5,7,9H2,1-2H3,(H,19,20). The van der Waals surface area contributed by atoms with E-state index in [2.05, 4.69) is 17.2 Å². The number of aromatic nitrogens is 1. The van der Waals surface area contributed by atoms with Gasteiger partial charge in [-0.25, -0.2) is 0 Å². The van der Waals surface area contributed by atoms with Crippen molar-refractivity contribution in [3.8, 4) is 0 Å². The van der Waals surface area contributed by atoms with Crippen molar-refractivity contribution in [3.63, 3.8) is 0 Å². The normalized spacial score (nSPS) is 22.9. The van der Waals surface area contributed by atoms with Gasteiger partial charge in [-0.2, -0.15) is 0 Å². The monoisotopic (exact) mass is 270 g/mol. The third-order valence-electron chi connectivity index (χ3n) is 4.55. The van der Waals surface area contributed by atoms with E-state index < -0.39 is 0 Å². The minimum atomic E-state index is 0.0682. The van der Waals surface area contributed by atoms with E-state index in [1.54, 1.807) is 0 Å². The van der Waals surface area contributed by atoms with Crippen LogP contribution in [-0.4, -0.2) is 16.9 Å². The van der Waals surface area contributed by atoms with E-state index in [1.165, 1.54) is 19.3 Å². The second-order valence-corrected chi connectivity index (χ2v) is 6.01. The lowest BCUT2D eigenvalue weighted by Crippen LogP contribution is -2.41. The number of carbonyl (C=O) groups excluding carboxylic acids is 1. The molecule has 20 heavy (non-hydrogen) atoms. The van der Waals surface area contributed by atoms with Gasteiger partial charge in [0.2, 0.25) is 0 Å². The average molecular weight is 270 g/mol. The highest BCUT2D eigenvalue weighted by atomic mass is 16.1. The first-order chi connectivity index (χ1) is 9.66. The number of nitrogens with one attached hydrogen (secondary N) is 2. The van der Waals surface area contributed by atoms with Crippen molar-refractivity contribution >= 4 is 16.8 Å². The second kappa shape index (κ2) is 5.31. The topological polar surface area (TPSA) is 44.9 Å². The van der Waals surface area contributed by atoms with Gasteiger partial charge < -0.3 is 10.3 Å². The molecular formula is C17H22N2O. The number of hydrogen-bond acceptors (Lipinski definition) is 1. The molecule has 0 bridgehead atoms. The van der Waals surface area contributed by atoms with E-state index in [0.29, 0.717) is 12.0 Å². The minimum absolute atomic E-state index is 0.0682. The lowest BCUT2D eigenvalue weighted by Gasteiger charge is -2.29. The van der Waals surface area contributed by atoms with Gasteiger partial charge in [0.05, 0.1) is 5.56 Å². The van der Waals surface area contributed by atoms with Crippen LogP contribution in [-0.2, 0) is 0 Å². The van der Waals surface area contributed by atoms with E-state index >= 15 is 0 Å². The van der Waals surface area contributed by atoms with Crippen molar-refractivity contribution in [1.82, 2.24) is 10.3 Å². The maximum Gasteiger partial charge on any atom is 0.253 e. The number of benzene rings is 1. The molecule has 2 atom stereocenters. The predicted molar refractivity (Wildman–Crippen MR) is 81.9 cm³/mol. The fourth-order valence-corrected chi connectivity index (χ4v) is 3.34. The molecule has 1 fully saturated rings. The fourth-order valence-electron chi connectivity index (χ4n) is 3.34. The fraction of sp³-hybridized carbons (Fsp3) is 0.471. The Morgan fingerprint density at radius 1 is 1.25 bits per heavy atom. The van der Waals surface area contributed by atoms with Crippen LogP contribution in [0.4, 0.5) is 0 Å². The first-order valence-electron chi connectivity index (χ1n) is 7.55. The van der Waals surface area contributed by atoms with Gasteiger partial charge in [0, 0.05) is 22.6 Å². The second-order valence-electron chi connectivity index (χ2n) is 6.01. The first kappa shape index (κ1) is 13.2. The summed E-state index contributed by atoms with van der Waals surface area (Å²) < 4.78 is 0. The van der Waals surface area contributed by atoms with Crippen molar-refractivity contribution in [2.24, 2.45) is 5.92 Å². The van der Waals surface area contributed by atoms with Crippen LogP contribution in [0.15, 0.2) is 24.3 Å². The van der Waals surface area contributed by atoms with Crippen molar-refractivity contribution in [2.45, 2.75) is 45.6 Å². The number of para-hydroxylation sites is 1. The Labute approximate surface area is 119 Å². The summed E-state index contributed by atoms with van der Waals surface area (Å²) in [5.74, 6) is 0.650. The summed E-state index contributed by atoms with van der Waals surface area (Å²) in [7, 11) is 0. The van der Waals surface area contributed by atoms with Crippen LogP contribution in [0.5, 0.6) is 0 Å². The highest BCUT2D eigenvalue weighted by Gasteiger charge is 2.25. The number of carbonyl (C=O) groups is 1. The SMILES string of the molecule is Cc1[nH]c2ccccc2c1C(=O)NC1CCCCC1C. The summed E-state index contributed by atoms with van der Waals surface area (Å²) in [4.78, 5) is 15.9. The Bertz CT molecular complexity index is 629. The van der Waals surface area contributed by atoms with E-state index in [0.717, 1.165) is 28.6 Å². The van der Waals surface area contributed by atoms with Crippen molar-refractivity contribution in [3.05, 3.63) is 35.5 Å². The van der Waals surface area contributed by atoms with Gasteiger partial charge in [0.15, 0.2) is 0 Å². The summed E-state index contributed by atoms with van der Waals surface area (Å²) in [5, 5.41) is 4.26. The number of rotatable bonds is 2. The summed E-state index contributed by atoms with van der Waals surface area (Å²) >= 11 is 0. The van der Waals surface area contributed by atoms with Gasteiger partial charge in [-0.1, -0.05) is 38.0 Å². The third kappa shape index (κ3) is 2.33. The Morgan fingerprint density at radius 3 is 2.80 bits per heavy atom. The molecule has 0 spiro atoms. The molecule has 1 aromatic heterocycles. The average Bonchev–Trinajstić information content (AvgIpc) is 2.77. The molecule has 1 aliphatic carbocycles. The van der Waals surface area contributed by atoms with Crippen LogP contribution in [0.3, 0.4) is 0 Å². The largest absolute Gasteiger partial charge is 0.358 e. The third-order valence-corrected chi connectivity index (χ3v) is 4.55. The lowest BCUT2D eigenvalue weighted by molar-refractivity contribution is 0.0911. The van der Waals surface area contributed by atoms with Gasteiger partial charge >= 0.3 is 0 Å². The predicted octanol–water partition coefficient (Wildman–Crippen LogP) is 3.78. The van der Waals surface area contributed by atoms with Gasteiger partial charge in [0.25, 0.3) is 5.91 Å². The Kier molecular flexibility index (Phi) is 3.51. The van der Waals surface area contributed by atoms with Crippen molar-refractivity contribution in [1.29, 1.82) is 0 Å². The van der Waals surface area contributed by atoms with Crippen molar-refractivity contribution < 1.29 is 4.79 Å². The molecule has 2 unspecified atom stereocenters. The molecule has 0 radical (unpaired) electrons. The molecule has 0 saturated heterocycles. The molecule has 1 aromatic carbocycles. The number of aryl methyl sites for hydroxylation is 1. The molecule has 2 N–H and O–H groups in total. The molecule has 106 valence electrons. The van der Waals surface area contributed by atoms with E-state index in [-0.39, 0.29) is 5.91 Å². The summed E-state index contributed by atoms with van der Waals surface area (Å²) in [6, 6.07) is 8.32. The first-order valence-corrected chi connectivity index (χ1v) is 7.55. The highest BCUT2D eigenvalue weighted by Crippen LogP contribution is 2.26. The van der Waals surface area contributed by atoms with Crippen LogP contribution in [0.25, 0.3) is 10.9 Å². The van der Waals surface area contributed by atoms with Crippen LogP contribution in [0, 0.1) is 12.8 Å². The molecule has 2 aromatic rings.